The summed E-state index contributed by atoms with van der Waals surface area (Å²) in [6.07, 6.45) is 3.76. The molecule has 41 heavy (non-hydrogen) atoms. The molecule has 1 saturated heterocycles. The summed E-state index contributed by atoms with van der Waals surface area (Å²) in [5.41, 5.74) is 2.48. The number of pyridine rings is 1. The van der Waals surface area contributed by atoms with Gasteiger partial charge in [-0.15, -0.1) is 0 Å². The van der Waals surface area contributed by atoms with E-state index < -0.39 is 6.10 Å². The number of benzene rings is 2. The van der Waals surface area contributed by atoms with Crippen molar-refractivity contribution in [2.45, 2.75) is 32.3 Å². The number of rotatable bonds is 10. The number of aliphatic hydroxyl groups is 1. The van der Waals surface area contributed by atoms with Crippen molar-refractivity contribution in [1.29, 1.82) is 0 Å². The van der Waals surface area contributed by atoms with Gasteiger partial charge in [0.05, 0.1) is 22.8 Å². The number of imidazole rings is 1. The van der Waals surface area contributed by atoms with Crippen LogP contribution in [0.1, 0.15) is 48.2 Å². The zero-order valence-electron chi connectivity index (χ0n) is 22.8. The Morgan fingerprint density at radius 2 is 1.98 bits per heavy atom. The lowest BCUT2D eigenvalue weighted by molar-refractivity contribution is -0.126. The normalized spacial score (nSPS) is 14.3. The van der Waals surface area contributed by atoms with Crippen molar-refractivity contribution in [3.8, 4) is 11.4 Å². The summed E-state index contributed by atoms with van der Waals surface area (Å²) in [5.74, 6) is -0.369. The van der Waals surface area contributed by atoms with Crippen LogP contribution in [-0.2, 0) is 4.79 Å². The lowest BCUT2D eigenvalue weighted by atomic mass is 10.1. The standard InChI is InChI=1S/C30H33ClN6O4/c1-19(38)37(15-5-14-36-12-2-3-13-36)30(41)21-8-9-23-25(17-21)35-28(34-23)27-24(10-11-32-29(27)40)33-18-26(39)20-6-4-7-22(31)16-20/h4,6-11,16-17,26,39H,2-3,5,12-15,18H2,1H3,(H,34,35)(H2,32,33,40)/t26-/m1/s1. The van der Waals surface area contributed by atoms with Gasteiger partial charge in [-0.25, -0.2) is 4.98 Å². The molecule has 214 valence electrons. The Labute approximate surface area is 242 Å². The predicted molar refractivity (Wildman–Crippen MR) is 159 cm³/mol. The Bertz CT molecular complexity index is 1610. The Kier molecular flexibility index (Phi) is 8.82. The van der Waals surface area contributed by atoms with E-state index in [0.717, 1.165) is 26.1 Å². The molecule has 5 rings (SSSR count). The second-order valence-corrected chi connectivity index (χ2v) is 10.7. The van der Waals surface area contributed by atoms with E-state index >= 15 is 0 Å². The van der Waals surface area contributed by atoms with Gasteiger partial charge in [0, 0.05) is 36.8 Å². The SMILES string of the molecule is CC(=O)N(CCCN1CCCC1)C(=O)c1ccc2[nH]c(-c3c(NC[C@@H](O)c4cccc(Cl)c4)cc[nH]c3=O)nc2c1. The van der Waals surface area contributed by atoms with E-state index in [1.807, 2.05) is 0 Å². The van der Waals surface area contributed by atoms with Crippen LogP contribution >= 0.6 is 11.6 Å². The van der Waals surface area contributed by atoms with Crippen LogP contribution in [0.25, 0.3) is 22.4 Å². The van der Waals surface area contributed by atoms with Crippen LogP contribution in [-0.4, -0.2) is 74.4 Å². The number of aromatic amines is 2. The summed E-state index contributed by atoms with van der Waals surface area (Å²) in [6.45, 7) is 4.87. The van der Waals surface area contributed by atoms with Crippen LogP contribution in [0.2, 0.25) is 5.02 Å². The summed E-state index contributed by atoms with van der Waals surface area (Å²) < 4.78 is 0. The average Bonchev–Trinajstić information content (AvgIpc) is 3.63. The maximum absolute atomic E-state index is 13.3. The molecule has 3 heterocycles. The number of likely N-dealkylation sites (tertiary alicyclic amines) is 1. The van der Waals surface area contributed by atoms with E-state index in [9.17, 15) is 19.5 Å². The third-order valence-corrected chi connectivity index (χ3v) is 7.56. The Morgan fingerprint density at radius 1 is 1.17 bits per heavy atom. The molecule has 1 fully saturated rings. The van der Waals surface area contributed by atoms with Crippen LogP contribution in [0.5, 0.6) is 0 Å². The number of anilines is 1. The van der Waals surface area contributed by atoms with Gasteiger partial charge < -0.3 is 25.3 Å². The van der Waals surface area contributed by atoms with Crippen molar-refractivity contribution in [2.24, 2.45) is 0 Å². The highest BCUT2D eigenvalue weighted by Crippen LogP contribution is 2.26. The maximum Gasteiger partial charge on any atom is 0.261 e. The summed E-state index contributed by atoms with van der Waals surface area (Å²) in [7, 11) is 0. The van der Waals surface area contributed by atoms with Gasteiger partial charge in [-0.05, 0) is 80.9 Å². The zero-order chi connectivity index (χ0) is 28.9. The van der Waals surface area contributed by atoms with Gasteiger partial charge in [0.15, 0.2) is 0 Å². The lowest BCUT2D eigenvalue weighted by Gasteiger charge is -2.21. The number of carbonyl (C=O) groups excluding carboxylic acids is 2. The molecule has 0 unspecified atom stereocenters. The van der Waals surface area contributed by atoms with Crippen molar-refractivity contribution in [1.82, 2.24) is 24.8 Å². The molecule has 4 aromatic rings. The first-order valence-electron chi connectivity index (χ1n) is 13.7. The van der Waals surface area contributed by atoms with E-state index in [1.165, 1.54) is 30.9 Å². The minimum Gasteiger partial charge on any atom is -0.387 e. The highest BCUT2D eigenvalue weighted by atomic mass is 35.5. The summed E-state index contributed by atoms with van der Waals surface area (Å²) >= 11 is 6.05. The number of imide groups is 1. The molecule has 0 radical (unpaired) electrons. The van der Waals surface area contributed by atoms with Gasteiger partial charge in [-0.2, -0.15) is 0 Å². The van der Waals surface area contributed by atoms with Crippen molar-refractivity contribution in [2.75, 3.05) is 38.0 Å². The third-order valence-electron chi connectivity index (χ3n) is 7.33. The first-order valence-corrected chi connectivity index (χ1v) is 14.1. The largest absolute Gasteiger partial charge is 0.387 e. The molecular formula is C30H33ClN6O4. The molecular weight excluding hydrogens is 544 g/mol. The number of H-pyrrole nitrogens is 2. The Hall–Kier alpha value is -3.99. The second-order valence-electron chi connectivity index (χ2n) is 10.2. The van der Waals surface area contributed by atoms with E-state index in [-0.39, 0.29) is 29.5 Å². The van der Waals surface area contributed by atoms with Crippen LogP contribution in [0.3, 0.4) is 0 Å². The van der Waals surface area contributed by atoms with Crippen LogP contribution < -0.4 is 10.9 Å². The van der Waals surface area contributed by atoms with Crippen LogP contribution in [0.15, 0.2) is 59.5 Å². The highest BCUT2D eigenvalue weighted by molar-refractivity contribution is 6.30. The monoisotopic (exact) mass is 576 g/mol. The Balaban J connectivity index is 1.34. The van der Waals surface area contributed by atoms with E-state index in [0.29, 0.717) is 45.2 Å². The number of nitrogens with one attached hydrogen (secondary N) is 3. The predicted octanol–water partition coefficient (Wildman–Crippen LogP) is 4.19. The fraction of sp³-hybridized carbons (Fsp3) is 0.333. The minimum atomic E-state index is -0.857. The minimum absolute atomic E-state index is 0.133. The van der Waals surface area contributed by atoms with Crippen molar-refractivity contribution in [3.05, 3.63) is 81.2 Å². The molecule has 2 aromatic carbocycles. The molecule has 2 amide bonds. The van der Waals surface area contributed by atoms with Gasteiger partial charge in [0.2, 0.25) is 5.91 Å². The zero-order valence-corrected chi connectivity index (χ0v) is 23.6. The molecule has 1 aliphatic rings. The fourth-order valence-corrected chi connectivity index (χ4v) is 5.37. The van der Waals surface area contributed by atoms with E-state index in [2.05, 4.69) is 25.2 Å². The molecule has 0 spiro atoms. The summed E-state index contributed by atoms with van der Waals surface area (Å²) in [5, 5.41) is 14.3. The number of hydrogen-bond acceptors (Lipinski definition) is 7. The van der Waals surface area contributed by atoms with Gasteiger partial charge >= 0.3 is 0 Å². The molecule has 1 atom stereocenters. The third kappa shape index (κ3) is 6.67. The molecule has 10 nitrogen and oxygen atoms in total. The topological polar surface area (TPSA) is 134 Å². The van der Waals surface area contributed by atoms with Crippen molar-refractivity contribution < 1.29 is 14.7 Å². The molecule has 11 heteroatoms. The highest BCUT2D eigenvalue weighted by Gasteiger charge is 2.22. The number of amides is 2. The number of hydrogen-bond donors (Lipinski definition) is 4. The van der Waals surface area contributed by atoms with Crippen LogP contribution in [0, 0.1) is 0 Å². The van der Waals surface area contributed by atoms with Crippen molar-refractivity contribution >= 4 is 40.1 Å². The molecule has 1 aliphatic heterocycles. The maximum atomic E-state index is 13.3. The number of aliphatic hydroxyl groups excluding tert-OH is 1. The number of nitrogens with zero attached hydrogens (tertiary/aromatic N) is 3. The van der Waals surface area contributed by atoms with Gasteiger partial charge in [0.25, 0.3) is 11.5 Å². The van der Waals surface area contributed by atoms with Crippen molar-refractivity contribution in [3.63, 3.8) is 0 Å². The van der Waals surface area contributed by atoms with Crippen LogP contribution in [0.4, 0.5) is 5.69 Å². The van der Waals surface area contributed by atoms with Gasteiger partial charge in [-0.1, -0.05) is 23.7 Å². The smallest absolute Gasteiger partial charge is 0.261 e. The van der Waals surface area contributed by atoms with Gasteiger partial charge in [-0.3, -0.25) is 19.3 Å². The number of aromatic nitrogens is 3. The Morgan fingerprint density at radius 3 is 2.73 bits per heavy atom. The van der Waals surface area contributed by atoms with Gasteiger partial charge in [0.1, 0.15) is 11.4 Å². The number of carbonyl (C=O) groups is 2. The second kappa shape index (κ2) is 12.7. The lowest BCUT2D eigenvalue weighted by Crippen LogP contribution is -2.37. The molecule has 0 aliphatic carbocycles. The molecule has 2 aromatic heterocycles. The summed E-state index contributed by atoms with van der Waals surface area (Å²) in [6, 6.07) is 13.6. The summed E-state index contributed by atoms with van der Waals surface area (Å²) in [4.78, 5) is 52.6. The average molecular weight is 577 g/mol. The molecule has 0 bridgehead atoms. The first kappa shape index (κ1) is 28.5. The molecule has 0 saturated carbocycles. The van der Waals surface area contributed by atoms with E-state index in [4.69, 9.17) is 11.6 Å². The quantitative estimate of drug-likeness (QED) is 0.222. The first-order chi connectivity index (χ1) is 19.8. The van der Waals surface area contributed by atoms with E-state index in [1.54, 1.807) is 48.5 Å². The number of halogens is 1. The fourth-order valence-electron chi connectivity index (χ4n) is 5.17. The molecule has 4 N–H and O–H groups in total. The number of fused-ring (bicyclic) bond motifs is 1.